The fraction of sp³-hybridized carbons (Fsp3) is 0.545. The molecule has 7 heteroatoms. The lowest BCUT2D eigenvalue weighted by atomic mass is 9.93. The molecular weight excluding hydrogens is 254 g/mol. The minimum Gasteiger partial charge on any atom is -0.393 e. The molecule has 0 spiro atoms. The van der Waals surface area contributed by atoms with Crippen molar-refractivity contribution in [2.75, 3.05) is 5.73 Å². The summed E-state index contributed by atoms with van der Waals surface area (Å²) in [6, 6.07) is 0.198. The Balaban J connectivity index is 2.06. The van der Waals surface area contributed by atoms with Gasteiger partial charge in [0.2, 0.25) is 5.95 Å². The summed E-state index contributed by atoms with van der Waals surface area (Å²) in [5, 5.41) is 10.0. The van der Waals surface area contributed by atoms with Crippen molar-refractivity contribution in [1.82, 2.24) is 19.5 Å². The molecule has 1 fully saturated rings. The third kappa shape index (κ3) is 1.91. The first kappa shape index (κ1) is 11.7. The number of aromatic nitrogens is 4. The van der Waals surface area contributed by atoms with Gasteiger partial charge in [0.05, 0.1) is 12.4 Å². The number of aliphatic hydroxyl groups is 1. The predicted molar refractivity (Wildman–Crippen MR) is 68.3 cm³/mol. The van der Waals surface area contributed by atoms with E-state index in [1.165, 1.54) is 0 Å². The number of nitrogen functional groups attached to an aromatic ring is 1. The Hall–Kier alpha value is -1.40. The van der Waals surface area contributed by atoms with Gasteiger partial charge < -0.3 is 15.4 Å². The molecule has 0 saturated heterocycles. The lowest BCUT2D eigenvalue weighted by Crippen LogP contribution is -2.22. The van der Waals surface area contributed by atoms with Crippen LogP contribution in [0.2, 0.25) is 5.15 Å². The molecule has 1 aliphatic carbocycles. The van der Waals surface area contributed by atoms with Crippen molar-refractivity contribution in [2.24, 2.45) is 0 Å². The second-order valence-corrected chi connectivity index (χ2v) is 5.03. The van der Waals surface area contributed by atoms with E-state index in [4.69, 9.17) is 17.3 Å². The largest absolute Gasteiger partial charge is 0.393 e. The van der Waals surface area contributed by atoms with Gasteiger partial charge in [0.25, 0.3) is 0 Å². The molecule has 96 valence electrons. The minimum absolute atomic E-state index is 0.144. The van der Waals surface area contributed by atoms with E-state index in [1.807, 2.05) is 4.57 Å². The molecule has 3 rings (SSSR count). The number of anilines is 1. The lowest BCUT2D eigenvalue weighted by molar-refractivity contribution is 0.105. The molecular formula is C11H14ClN5O. The molecule has 0 amide bonds. The summed E-state index contributed by atoms with van der Waals surface area (Å²) in [4.78, 5) is 12.3. The average molecular weight is 268 g/mol. The number of hydrogen-bond acceptors (Lipinski definition) is 5. The van der Waals surface area contributed by atoms with Gasteiger partial charge in [0.15, 0.2) is 10.8 Å². The molecule has 2 aromatic rings. The van der Waals surface area contributed by atoms with Gasteiger partial charge in [-0.25, -0.2) is 4.98 Å². The summed E-state index contributed by atoms with van der Waals surface area (Å²) in [6.45, 7) is 0. The summed E-state index contributed by atoms with van der Waals surface area (Å²) in [6.07, 6.45) is 5.03. The van der Waals surface area contributed by atoms with Gasteiger partial charge in [-0.2, -0.15) is 9.97 Å². The number of hydrogen-bond donors (Lipinski definition) is 2. The minimum atomic E-state index is -0.254. The first-order chi connectivity index (χ1) is 8.65. The van der Waals surface area contributed by atoms with Crippen LogP contribution < -0.4 is 5.73 Å². The fourth-order valence-electron chi connectivity index (χ4n) is 2.56. The summed E-state index contributed by atoms with van der Waals surface area (Å²) < 4.78 is 1.95. The zero-order chi connectivity index (χ0) is 12.7. The number of rotatable bonds is 1. The van der Waals surface area contributed by atoms with E-state index in [0.29, 0.717) is 17.6 Å². The summed E-state index contributed by atoms with van der Waals surface area (Å²) in [5.74, 6) is 0.144. The summed E-state index contributed by atoms with van der Waals surface area (Å²) in [5.41, 5.74) is 6.82. The molecule has 0 radical (unpaired) electrons. The summed E-state index contributed by atoms with van der Waals surface area (Å²) in [7, 11) is 0. The van der Waals surface area contributed by atoms with E-state index in [0.717, 1.165) is 19.3 Å². The van der Waals surface area contributed by atoms with Crippen molar-refractivity contribution in [3.8, 4) is 0 Å². The molecule has 0 bridgehead atoms. The first-order valence-electron chi connectivity index (χ1n) is 5.99. The van der Waals surface area contributed by atoms with E-state index < -0.39 is 0 Å². The molecule has 2 atom stereocenters. The summed E-state index contributed by atoms with van der Waals surface area (Å²) >= 11 is 5.99. The Kier molecular flexibility index (Phi) is 2.83. The van der Waals surface area contributed by atoms with Gasteiger partial charge in [-0.05, 0) is 25.7 Å². The predicted octanol–water partition coefficient (Wildman–Crippen LogP) is 1.54. The van der Waals surface area contributed by atoms with Crippen LogP contribution in [-0.2, 0) is 0 Å². The highest BCUT2D eigenvalue weighted by Gasteiger charge is 2.24. The SMILES string of the molecule is Nc1nc(Cl)c2ncn(C3CCCC(O)C3)c2n1. The molecule has 1 aliphatic rings. The zero-order valence-corrected chi connectivity index (χ0v) is 10.5. The van der Waals surface area contributed by atoms with Crippen molar-refractivity contribution >= 4 is 28.7 Å². The second kappa shape index (κ2) is 4.37. The highest BCUT2D eigenvalue weighted by atomic mass is 35.5. The van der Waals surface area contributed by atoms with E-state index in [-0.39, 0.29) is 23.2 Å². The Bertz CT molecular complexity index is 584. The molecule has 18 heavy (non-hydrogen) atoms. The van der Waals surface area contributed by atoms with Crippen LogP contribution in [-0.4, -0.2) is 30.7 Å². The van der Waals surface area contributed by atoms with Gasteiger partial charge in [-0.1, -0.05) is 11.6 Å². The highest BCUT2D eigenvalue weighted by molar-refractivity contribution is 6.33. The highest BCUT2D eigenvalue weighted by Crippen LogP contribution is 2.31. The normalized spacial score (nSPS) is 24.6. The van der Waals surface area contributed by atoms with Gasteiger partial charge in [0.1, 0.15) is 5.52 Å². The number of aliphatic hydroxyl groups excluding tert-OH is 1. The van der Waals surface area contributed by atoms with Crippen LogP contribution in [0.1, 0.15) is 31.7 Å². The van der Waals surface area contributed by atoms with Crippen LogP contribution in [0, 0.1) is 0 Å². The molecule has 3 N–H and O–H groups in total. The van der Waals surface area contributed by atoms with Crippen molar-refractivity contribution < 1.29 is 5.11 Å². The molecule has 2 unspecified atom stereocenters. The molecule has 6 nitrogen and oxygen atoms in total. The number of imidazole rings is 1. The van der Waals surface area contributed by atoms with Crippen molar-refractivity contribution in [1.29, 1.82) is 0 Å². The Labute approximate surface area is 109 Å². The van der Waals surface area contributed by atoms with Crippen molar-refractivity contribution in [2.45, 2.75) is 37.8 Å². The second-order valence-electron chi connectivity index (χ2n) is 4.67. The van der Waals surface area contributed by atoms with Crippen LogP contribution in [0.3, 0.4) is 0 Å². The standard InChI is InChI=1S/C11H14ClN5O/c12-9-8-10(16-11(13)15-9)17(5-14-8)6-2-1-3-7(18)4-6/h5-7,18H,1-4H2,(H2,13,15,16). The third-order valence-electron chi connectivity index (χ3n) is 3.41. The number of nitrogens with two attached hydrogens (primary N) is 1. The van der Waals surface area contributed by atoms with Crippen LogP contribution in [0.4, 0.5) is 5.95 Å². The van der Waals surface area contributed by atoms with Gasteiger partial charge in [-0.3, -0.25) is 0 Å². The monoisotopic (exact) mass is 267 g/mol. The molecule has 0 aromatic carbocycles. The van der Waals surface area contributed by atoms with Gasteiger partial charge in [0, 0.05) is 6.04 Å². The Morgan fingerprint density at radius 1 is 1.39 bits per heavy atom. The molecule has 2 heterocycles. The van der Waals surface area contributed by atoms with Crippen molar-refractivity contribution in [3.63, 3.8) is 0 Å². The van der Waals surface area contributed by atoms with Gasteiger partial charge in [-0.15, -0.1) is 0 Å². The average Bonchev–Trinajstić information content (AvgIpc) is 2.72. The van der Waals surface area contributed by atoms with Crippen LogP contribution in [0.25, 0.3) is 11.2 Å². The molecule has 2 aromatic heterocycles. The quantitative estimate of drug-likeness (QED) is 0.765. The van der Waals surface area contributed by atoms with E-state index in [9.17, 15) is 5.11 Å². The maximum atomic E-state index is 9.74. The van der Waals surface area contributed by atoms with Crippen LogP contribution in [0.15, 0.2) is 6.33 Å². The van der Waals surface area contributed by atoms with Crippen LogP contribution >= 0.6 is 11.6 Å². The lowest BCUT2D eigenvalue weighted by Gasteiger charge is -2.26. The number of nitrogens with zero attached hydrogens (tertiary/aromatic N) is 4. The van der Waals surface area contributed by atoms with E-state index in [1.54, 1.807) is 6.33 Å². The smallest absolute Gasteiger partial charge is 0.223 e. The van der Waals surface area contributed by atoms with Crippen LogP contribution in [0.5, 0.6) is 0 Å². The van der Waals surface area contributed by atoms with E-state index >= 15 is 0 Å². The van der Waals surface area contributed by atoms with Gasteiger partial charge >= 0.3 is 0 Å². The number of fused-ring (bicyclic) bond motifs is 1. The maximum absolute atomic E-state index is 9.74. The first-order valence-corrected chi connectivity index (χ1v) is 6.36. The Morgan fingerprint density at radius 2 is 2.22 bits per heavy atom. The Morgan fingerprint density at radius 3 is 3.00 bits per heavy atom. The molecule has 0 aliphatic heterocycles. The molecule has 1 saturated carbocycles. The maximum Gasteiger partial charge on any atom is 0.223 e. The fourth-order valence-corrected chi connectivity index (χ4v) is 2.78. The zero-order valence-electron chi connectivity index (χ0n) is 9.75. The topological polar surface area (TPSA) is 89.8 Å². The number of halogens is 1. The van der Waals surface area contributed by atoms with Crippen molar-refractivity contribution in [3.05, 3.63) is 11.5 Å². The third-order valence-corrected chi connectivity index (χ3v) is 3.67. The van der Waals surface area contributed by atoms with E-state index in [2.05, 4.69) is 15.0 Å².